The van der Waals surface area contributed by atoms with Gasteiger partial charge in [0.15, 0.2) is 0 Å². The first-order valence-corrected chi connectivity index (χ1v) is 11.1. The lowest BCUT2D eigenvalue weighted by Crippen LogP contribution is -2.39. The smallest absolute Gasteiger partial charge is 0.243 e. The van der Waals surface area contributed by atoms with Gasteiger partial charge >= 0.3 is 0 Å². The number of anilines is 1. The van der Waals surface area contributed by atoms with Crippen molar-refractivity contribution in [2.45, 2.75) is 22.3 Å². The number of nitrogens with one attached hydrogen (secondary N) is 1. The molecule has 0 saturated heterocycles. The van der Waals surface area contributed by atoms with E-state index in [1.165, 1.54) is 26.4 Å². The van der Waals surface area contributed by atoms with Crippen LogP contribution < -0.4 is 14.8 Å². The Hall–Kier alpha value is -1.28. The van der Waals surface area contributed by atoms with E-state index < -0.39 is 26.1 Å². The molecule has 0 heterocycles. The molecule has 0 bridgehead atoms. The van der Waals surface area contributed by atoms with Gasteiger partial charge in [0.1, 0.15) is 4.90 Å². The van der Waals surface area contributed by atoms with Gasteiger partial charge in [-0.1, -0.05) is 0 Å². The number of methoxy groups -OCH3 is 2. The van der Waals surface area contributed by atoms with Crippen LogP contribution in [0.2, 0.25) is 0 Å². The summed E-state index contributed by atoms with van der Waals surface area (Å²) < 4.78 is 61.6. The van der Waals surface area contributed by atoms with Crippen LogP contribution in [0.5, 0.6) is 0 Å². The van der Waals surface area contributed by atoms with E-state index in [1.54, 1.807) is 11.9 Å². The zero-order valence-corrected chi connectivity index (χ0v) is 17.2. The molecule has 0 aliphatic rings. The first kappa shape index (κ1) is 23.8. The summed E-state index contributed by atoms with van der Waals surface area (Å²) >= 11 is 0. The second-order valence-electron chi connectivity index (χ2n) is 5.87. The SMILES string of the molecule is COCCN(C)c1ccc(S(N)(=O)=O)cc1S(=O)(=O)NC(CCO)COC. The van der Waals surface area contributed by atoms with Gasteiger partial charge in [0, 0.05) is 40.5 Å². The molecule has 0 amide bonds. The van der Waals surface area contributed by atoms with Gasteiger partial charge in [-0.05, 0) is 24.6 Å². The number of hydrogen-bond donors (Lipinski definition) is 3. The Morgan fingerprint density at radius 3 is 2.41 bits per heavy atom. The summed E-state index contributed by atoms with van der Waals surface area (Å²) in [6.07, 6.45) is 0.136. The Kier molecular flexibility index (Phi) is 9.08. The van der Waals surface area contributed by atoms with Crippen LogP contribution >= 0.6 is 0 Å². The minimum atomic E-state index is -4.13. The van der Waals surface area contributed by atoms with Crippen molar-refractivity contribution in [3.05, 3.63) is 18.2 Å². The number of aliphatic hydroxyl groups excluding tert-OH is 1. The van der Waals surface area contributed by atoms with Gasteiger partial charge in [0.25, 0.3) is 0 Å². The summed E-state index contributed by atoms with van der Waals surface area (Å²) in [6.45, 7) is 0.529. The molecule has 0 aliphatic heterocycles. The Labute approximate surface area is 160 Å². The Bertz CT molecular complexity index is 807. The minimum Gasteiger partial charge on any atom is -0.396 e. The summed E-state index contributed by atoms with van der Waals surface area (Å²) in [6, 6.07) is 2.95. The maximum atomic E-state index is 12.9. The van der Waals surface area contributed by atoms with E-state index in [2.05, 4.69) is 4.72 Å². The lowest BCUT2D eigenvalue weighted by atomic mass is 10.2. The average Bonchev–Trinajstić information content (AvgIpc) is 2.58. The van der Waals surface area contributed by atoms with E-state index in [1.807, 2.05) is 0 Å². The number of aliphatic hydroxyl groups is 1. The number of nitrogens with zero attached hydrogens (tertiary/aromatic N) is 1. The molecule has 1 atom stereocenters. The maximum absolute atomic E-state index is 12.9. The van der Waals surface area contributed by atoms with Gasteiger partial charge in [0.2, 0.25) is 20.0 Å². The van der Waals surface area contributed by atoms with Crippen LogP contribution in [0.3, 0.4) is 0 Å². The van der Waals surface area contributed by atoms with Crippen molar-refractivity contribution in [2.24, 2.45) is 5.14 Å². The van der Waals surface area contributed by atoms with E-state index in [4.69, 9.17) is 19.7 Å². The van der Waals surface area contributed by atoms with Crippen molar-refractivity contribution in [3.63, 3.8) is 0 Å². The number of nitrogens with two attached hydrogens (primary N) is 1. The van der Waals surface area contributed by atoms with Crippen LogP contribution in [0, 0.1) is 0 Å². The Morgan fingerprint density at radius 2 is 1.89 bits per heavy atom. The van der Waals surface area contributed by atoms with Crippen molar-refractivity contribution < 1.29 is 31.4 Å². The fourth-order valence-electron chi connectivity index (χ4n) is 2.37. The maximum Gasteiger partial charge on any atom is 0.243 e. The second kappa shape index (κ2) is 10.3. The fraction of sp³-hybridized carbons (Fsp3) is 0.600. The third-order valence-electron chi connectivity index (χ3n) is 3.76. The van der Waals surface area contributed by atoms with Crippen molar-refractivity contribution >= 4 is 25.7 Å². The van der Waals surface area contributed by atoms with E-state index in [-0.39, 0.29) is 35.1 Å². The molecule has 0 aromatic heterocycles. The summed E-state index contributed by atoms with van der Waals surface area (Å²) in [5.74, 6) is 0. The van der Waals surface area contributed by atoms with Gasteiger partial charge in [-0.2, -0.15) is 0 Å². The van der Waals surface area contributed by atoms with Crippen LogP contribution in [-0.4, -0.2) is 75.6 Å². The number of hydrogen-bond acceptors (Lipinski definition) is 8. The van der Waals surface area contributed by atoms with E-state index in [9.17, 15) is 16.8 Å². The normalized spacial score (nSPS) is 13.5. The number of sulfonamides is 2. The number of likely N-dealkylation sites (N-methyl/N-ethyl adjacent to an activating group) is 1. The predicted octanol–water partition coefficient (Wildman–Crippen LogP) is -0.908. The second-order valence-corrected chi connectivity index (χ2v) is 9.12. The third kappa shape index (κ3) is 6.99. The van der Waals surface area contributed by atoms with Crippen LogP contribution in [0.15, 0.2) is 28.0 Å². The highest BCUT2D eigenvalue weighted by molar-refractivity contribution is 7.90. The molecule has 10 nitrogen and oxygen atoms in total. The van der Waals surface area contributed by atoms with E-state index >= 15 is 0 Å². The van der Waals surface area contributed by atoms with Gasteiger partial charge in [-0.3, -0.25) is 0 Å². The zero-order chi connectivity index (χ0) is 20.7. The van der Waals surface area contributed by atoms with Gasteiger partial charge in [-0.25, -0.2) is 26.7 Å². The topological polar surface area (TPSA) is 148 Å². The number of benzene rings is 1. The molecule has 1 unspecified atom stereocenters. The highest BCUT2D eigenvalue weighted by atomic mass is 32.2. The molecule has 0 spiro atoms. The number of primary sulfonamides is 1. The Balaban J connectivity index is 3.41. The van der Waals surface area contributed by atoms with Gasteiger partial charge in [-0.15, -0.1) is 0 Å². The minimum absolute atomic E-state index is 0.0452. The van der Waals surface area contributed by atoms with Crippen molar-refractivity contribution in [2.75, 3.05) is 52.5 Å². The van der Waals surface area contributed by atoms with Crippen molar-refractivity contribution in [1.29, 1.82) is 0 Å². The summed E-state index contributed by atoms with van der Waals surface area (Å²) in [5, 5.41) is 14.3. The lowest BCUT2D eigenvalue weighted by molar-refractivity contribution is 0.158. The molecule has 27 heavy (non-hydrogen) atoms. The molecule has 1 aromatic carbocycles. The molecule has 0 fully saturated rings. The average molecular weight is 426 g/mol. The van der Waals surface area contributed by atoms with Crippen LogP contribution in [0.4, 0.5) is 5.69 Å². The molecule has 12 heteroatoms. The van der Waals surface area contributed by atoms with Crippen molar-refractivity contribution in [1.82, 2.24) is 4.72 Å². The standard InChI is InChI=1S/C15H27N3O7S2/c1-18(7-9-24-2)14-5-4-13(26(16,20)21)10-15(14)27(22,23)17-12(6-8-19)11-25-3/h4-5,10,12,17,19H,6-9,11H2,1-3H3,(H2,16,20,21). The predicted molar refractivity (Wildman–Crippen MR) is 101 cm³/mol. The molecule has 0 radical (unpaired) electrons. The van der Waals surface area contributed by atoms with Crippen molar-refractivity contribution in [3.8, 4) is 0 Å². The van der Waals surface area contributed by atoms with Gasteiger partial charge < -0.3 is 19.5 Å². The van der Waals surface area contributed by atoms with E-state index in [0.29, 0.717) is 13.2 Å². The summed E-state index contributed by atoms with van der Waals surface area (Å²) in [4.78, 5) is 1.06. The molecule has 1 rings (SSSR count). The monoisotopic (exact) mass is 425 g/mol. The van der Waals surface area contributed by atoms with Gasteiger partial charge in [0.05, 0.1) is 23.8 Å². The lowest BCUT2D eigenvalue weighted by Gasteiger charge is -2.24. The highest BCUT2D eigenvalue weighted by Crippen LogP contribution is 2.27. The molecular weight excluding hydrogens is 398 g/mol. The largest absolute Gasteiger partial charge is 0.396 e. The summed E-state index contributed by atoms with van der Waals surface area (Å²) in [7, 11) is -3.65. The third-order valence-corrected chi connectivity index (χ3v) is 6.22. The van der Waals surface area contributed by atoms with Crippen LogP contribution in [-0.2, 0) is 29.5 Å². The molecule has 1 aromatic rings. The quantitative estimate of drug-likeness (QED) is 0.390. The van der Waals surface area contributed by atoms with E-state index in [0.717, 1.165) is 6.07 Å². The highest BCUT2D eigenvalue weighted by Gasteiger charge is 2.26. The molecular formula is C15H27N3O7S2. The fourth-order valence-corrected chi connectivity index (χ4v) is 4.51. The van der Waals surface area contributed by atoms with Crippen LogP contribution in [0.1, 0.15) is 6.42 Å². The number of ether oxygens (including phenoxy) is 2. The first-order valence-electron chi connectivity index (χ1n) is 8.06. The molecule has 4 N–H and O–H groups in total. The Morgan fingerprint density at radius 1 is 1.22 bits per heavy atom. The first-order chi connectivity index (χ1) is 12.6. The number of rotatable bonds is 12. The zero-order valence-electron chi connectivity index (χ0n) is 15.6. The summed E-state index contributed by atoms with van der Waals surface area (Å²) in [5.41, 5.74) is 0.284. The molecule has 156 valence electrons. The van der Waals surface area contributed by atoms with Crippen LogP contribution in [0.25, 0.3) is 0 Å². The molecule has 0 saturated carbocycles. The molecule has 0 aliphatic carbocycles.